The lowest BCUT2D eigenvalue weighted by atomic mass is 10.2. The minimum atomic E-state index is -1.53. The lowest BCUT2D eigenvalue weighted by Crippen LogP contribution is -2.17. The summed E-state index contributed by atoms with van der Waals surface area (Å²) in [5.41, 5.74) is 0.480. The van der Waals surface area contributed by atoms with E-state index in [9.17, 15) is 13.2 Å². The molecular weight excluding hydrogens is 314 g/mol. The number of aromatic nitrogens is 2. The van der Waals surface area contributed by atoms with Gasteiger partial charge in [0.2, 0.25) is 5.28 Å². The SMILES string of the molecule is Fc1ccc(N2CCc3c(Cl)nc(Cl)nc32)c(F)c1F. The molecule has 8 heteroatoms. The number of fused-ring (bicyclic) bond motifs is 1. The predicted octanol–water partition coefficient (Wildman–Crippen LogP) is 3.89. The Morgan fingerprint density at radius 1 is 1.05 bits per heavy atom. The number of nitrogens with zero attached hydrogens (tertiary/aromatic N) is 3. The van der Waals surface area contributed by atoms with Crippen LogP contribution in [0.5, 0.6) is 0 Å². The molecule has 0 saturated carbocycles. The second kappa shape index (κ2) is 4.79. The lowest BCUT2D eigenvalue weighted by Gasteiger charge is -2.19. The first-order valence-electron chi connectivity index (χ1n) is 5.62. The van der Waals surface area contributed by atoms with Gasteiger partial charge in [-0.25, -0.2) is 18.2 Å². The number of anilines is 2. The van der Waals surface area contributed by atoms with Crippen molar-refractivity contribution in [2.45, 2.75) is 6.42 Å². The van der Waals surface area contributed by atoms with Gasteiger partial charge >= 0.3 is 0 Å². The molecule has 2 aromatic rings. The minimum Gasteiger partial charge on any atom is -0.323 e. The first-order valence-corrected chi connectivity index (χ1v) is 6.37. The average molecular weight is 320 g/mol. The van der Waals surface area contributed by atoms with Crippen LogP contribution in [-0.4, -0.2) is 16.5 Å². The first kappa shape index (κ1) is 13.5. The van der Waals surface area contributed by atoms with E-state index in [2.05, 4.69) is 9.97 Å². The third-order valence-electron chi connectivity index (χ3n) is 3.05. The van der Waals surface area contributed by atoms with Gasteiger partial charge in [-0.3, -0.25) is 0 Å². The number of hydrogen-bond donors (Lipinski definition) is 0. The maximum Gasteiger partial charge on any atom is 0.225 e. The van der Waals surface area contributed by atoms with Crippen molar-refractivity contribution in [1.82, 2.24) is 9.97 Å². The molecule has 0 spiro atoms. The summed E-state index contributed by atoms with van der Waals surface area (Å²) in [6.07, 6.45) is 0.462. The van der Waals surface area contributed by atoms with E-state index in [1.807, 2.05) is 0 Å². The fourth-order valence-electron chi connectivity index (χ4n) is 2.15. The van der Waals surface area contributed by atoms with Gasteiger partial charge in [-0.05, 0) is 30.2 Å². The van der Waals surface area contributed by atoms with E-state index in [0.29, 0.717) is 24.3 Å². The van der Waals surface area contributed by atoms with Crippen molar-refractivity contribution in [3.05, 3.63) is 45.6 Å². The standard InChI is InChI=1S/C12H6Cl2F3N3/c13-10-5-3-4-20(11(5)19-12(14)18-10)7-2-1-6(15)8(16)9(7)17/h1-2H,3-4H2. The largest absolute Gasteiger partial charge is 0.323 e. The van der Waals surface area contributed by atoms with Crippen LogP contribution in [0, 0.1) is 17.5 Å². The van der Waals surface area contributed by atoms with Gasteiger partial charge in [0.15, 0.2) is 17.5 Å². The third kappa shape index (κ3) is 1.99. The highest BCUT2D eigenvalue weighted by atomic mass is 35.5. The van der Waals surface area contributed by atoms with Crippen molar-refractivity contribution < 1.29 is 13.2 Å². The van der Waals surface area contributed by atoms with E-state index >= 15 is 0 Å². The second-order valence-corrected chi connectivity index (χ2v) is 4.88. The highest BCUT2D eigenvalue weighted by molar-refractivity contribution is 6.32. The van der Waals surface area contributed by atoms with Crippen molar-refractivity contribution in [1.29, 1.82) is 0 Å². The highest BCUT2D eigenvalue weighted by Crippen LogP contribution is 2.38. The van der Waals surface area contributed by atoms with Crippen LogP contribution in [0.1, 0.15) is 5.56 Å². The minimum absolute atomic E-state index is 0.0939. The van der Waals surface area contributed by atoms with E-state index in [4.69, 9.17) is 23.2 Å². The van der Waals surface area contributed by atoms with Crippen LogP contribution in [0.15, 0.2) is 12.1 Å². The average Bonchev–Trinajstić information content (AvgIpc) is 2.80. The van der Waals surface area contributed by atoms with Gasteiger partial charge in [0.05, 0.1) is 5.69 Å². The van der Waals surface area contributed by atoms with Crippen molar-refractivity contribution in [2.75, 3.05) is 11.4 Å². The van der Waals surface area contributed by atoms with Gasteiger partial charge in [-0.1, -0.05) is 11.6 Å². The molecule has 1 aromatic heterocycles. The van der Waals surface area contributed by atoms with Crippen LogP contribution < -0.4 is 4.90 Å². The Morgan fingerprint density at radius 3 is 2.55 bits per heavy atom. The molecule has 0 radical (unpaired) electrons. The van der Waals surface area contributed by atoms with Crippen molar-refractivity contribution in [3.8, 4) is 0 Å². The molecule has 0 unspecified atom stereocenters. The Hall–Kier alpha value is -1.53. The predicted molar refractivity (Wildman–Crippen MR) is 69.1 cm³/mol. The molecule has 20 heavy (non-hydrogen) atoms. The van der Waals surface area contributed by atoms with Crippen molar-refractivity contribution in [3.63, 3.8) is 0 Å². The normalized spacial score (nSPS) is 13.8. The smallest absolute Gasteiger partial charge is 0.225 e. The molecule has 3 rings (SSSR count). The lowest BCUT2D eigenvalue weighted by molar-refractivity contribution is 0.447. The molecule has 1 aliphatic rings. The van der Waals surface area contributed by atoms with E-state index in [0.717, 1.165) is 12.1 Å². The van der Waals surface area contributed by atoms with Crippen LogP contribution in [0.2, 0.25) is 10.4 Å². The van der Waals surface area contributed by atoms with Crippen molar-refractivity contribution >= 4 is 34.7 Å². The Morgan fingerprint density at radius 2 is 1.80 bits per heavy atom. The summed E-state index contributed by atoms with van der Waals surface area (Å²) in [6, 6.07) is 2.00. The van der Waals surface area contributed by atoms with Crippen molar-refractivity contribution in [2.24, 2.45) is 0 Å². The van der Waals surface area contributed by atoms with Gasteiger partial charge in [0.1, 0.15) is 11.0 Å². The molecule has 0 bridgehead atoms. The maximum atomic E-state index is 13.8. The summed E-state index contributed by atoms with van der Waals surface area (Å²) in [5.74, 6) is -3.74. The maximum absolute atomic E-state index is 13.8. The number of benzene rings is 1. The Bertz CT molecular complexity index is 709. The summed E-state index contributed by atoms with van der Waals surface area (Å²) in [6.45, 7) is 0.325. The number of halogens is 5. The molecular formula is C12H6Cl2F3N3. The molecule has 0 fully saturated rings. The third-order valence-corrected chi connectivity index (χ3v) is 3.54. The zero-order chi connectivity index (χ0) is 14.4. The van der Waals surface area contributed by atoms with Crippen LogP contribution in [0.3, 0.4) is 0 Å². The van der Waals surface area contributed by atoms with E-state index in [1.165, 1.54) is 4.90 Å². The van der Waals surface area contributed by atoms with E-state index < -0.39 is 17.5 Å². The van der Waals surface area contributed by atoms with Gasteiger partial charge in [0.25, 0.3) is 0 Å². The van der Waals surface area contributed by atoms with Crippen LogP contribution in [-0.2, 0) is 6.42 Å². The summed E-state index contributed by atoms with van der Waals surface area (Å²) >= 11 is 11.7. The fourth-order valence-corrected chi connectivity index (χ4v) is 2.61. The molecule has 1 aliphatic heterocycles. The van der Waals surface area contributed by atoms with Crippen LogP contribution in [0.4, 0.5) is 24.7 Å². The summed E-state index contributed by atoms with van der Waals surface area (Å²) in [4.78, 5) is 9.17. The van der Waals surface area contributed by atoms with E-state index in [-0.39, 0.29) is 16.1 Å². The van der Waals surface area contributed by atoms with Gasteiger partial charge in [0, 0.05) is 12.1 Å². The molecule has 1 aromatic carbocycles. The molecule has 104 valence electrons. The monoisotopic (exact) mass is 319 g/mol. The van der Waals surface area contributed by atoms with E-state index in [1.54, 1.807) is 0 Å². The fraction of sp³-hybridized carbons (Fsp3) is 0.167. The zero-order valence-corrected chi connectivity index (χ0v) is 11.3. The van der Waals surface area contributed by atoms with Gasteiger partial charge in [-0.15, -0.1) is 0 Å². The second-order valence-electron chi connectivity index (χ2n) is 4.18. The summed E-state index contributed by atoms with van der Waals surface area (Å²) in [7, 11) is 0. The first-order chi connectivity index (χ1) is 9.49. The molecule has 3 nitrogen and oxygen atoms in total. The van der Waals surface area contributed by atoms with Gasteiger partial charge < -0.3 is 4.90 Å². The summed E-state index contributed by atoms with van der Waals surface area (Å²) < 4.78 is 40.1. The molecule has 0 atom stereocenters. The zero-order valence-electron chi connectivity index (χ0n) is 9.80. The summed E-state index contributed by atoms with van der Waals surface area (Å²) in [5, 5.41) is 0.0779. The molecule has 0 amide bonds. The highest BCUT2D eigenvalue weighted by Gasteiger charge is 2.29. The molecule has 0 N–H and O–H groups in total. The molecule has 0 saturated heterocycles. The Kier molecular flexibility index (Phi) is 3.22. The molecule has 2 heterocycles. The Balaban J connectivity index is 2.15. The molecule has 0 aliphatic carbocycles. The van der Waals surface area contributed by atoms with Crippen LogP contribution >= 0.6 is 23.2 Å². The topological polar surface area (TPSA) is 29.0 Å². The van der Waals surface area contributed by atoms with Crippen LogP contribution in [0.25, 0.3) is 0 Å². The quantitative estimate of drug-likeness (QED) is 0.453. The Labute approximate surface area is 122 Å². The van der Waals surface area contributed by atoms with Gasteiger partial charge in [-0.2, -0.15) is 4.98 Å². The number of rotatable bonds is 1. The number of hydrogen-bond acceptors (Lipinski definition) is 3.